The van der Waals surface area contributed by atoms with E-state index in [0.717, 1.165) is 16.7 Å². The zero-order chi connectivity index (χ0) is 13.8. The number of halogens is 1. The highest BCUT2D eigenvalue weighted by atomic mass is 35.5. The van der Waals surface area contributed by atoms with Crippen LogP contribution in [-0.2, 0) is 9.53 Å². The highest BCUT2D eigenvalue weighted by Gasteiger charge is 2.20. The van der Waals surface area contributed by atoms with Gasteiger partial charge in [-0.15, -0.1) is 0 Å². The third kappa shape index (κ3) is 2.95. The minimum atomic E-state index is -0.768. The van der Waals surface area contributed by atoms with Crippen molar-refractivity contribution in [2.45, 2.75) is 6.10 Å². The molecule has 3 nitrogen and oxygen atoms in total. The van der Waals surface area contributed by atoms with E-state index in [9.17, 15) is 4.79 Å². The Morgan fingerprint density at radius 2 is 1.95 bits per heavy atom. The van der Waals surface area contributed by atoms with Crippen LogP contribution in [0.1, 0.15) is 11.7 Å². The smallest absolute Gasteiger partial charge is 0.251 e. The van der Waals surface area contributed by atoms with Gasteiger partial charge in [-0.1, -0.05) is 48.0 Å². The summed E-state index contributed by atoms with van der Waals surface area (Å²) < 4.78 is 5.18. The fourth-order valence-corrected chi connectivity index (χ4v) is 2.23. The van der Waals surface area contributed by atoms with Gasteiger partial charge in [0.25, 0.3) is 5.91 Å². The first kappa shape index (κ1) is 13.6. The molecule has 2 aromatic rings. The summed E-state index contributed by atoms with van der Waals surface area (Å²) >= 11 is 6.00. The molecule has 0 spiro atoms. The molecule has 1 atom stereocenters. The predicted octanol–water partition coefficient (Wildman–Crippen LogP) is 3.18. The summed E-state index contributed by atoms with van der Waals surface area (Å²) in [7, 11) is 1.46. The maximum Gasteiger partial charge on any atom is 0.251 e. The molecular formula is C15H14ClNO2. The van der Waals surface area contributed by atoms with Crippen LogP contribution >= 0.6 is 11.6 Å². The molecule has 0 bridgehead atoms. The van der Waals surface area contributed by atoms with E-state index >= 15 is 0 Å². The van der Waals surface area contributed by atoms with Gasteiger partial charge in [0.05, 0.1) is 0 Å². The number of amides is 1. The molecular weight excluding hydrogens is 262 g/mol. The summed E-state index contributed by atoms with van der Waals surface area (Å²) in [5, 5.41) is 0.639. The molecule has 0 aliphatic rings. The van der Waals surface area contributed by atoms with Crippen molar-refractivity contribution in [3.63, 3.8) is 0 Å². The number of carbonyl (C=O) groups is 1. The Bertz CT molecular complexity index is 598. The fraction of sp³-hybridized carbons (Fsp3) is 0.133. The van der Waals surface area contributed by atoms with Crippen LogP contribution in [0.3, 0.4) is 0 Å². The number of rotatable bonds is 4. The Morgan fingerprint density at radius 1 is 1.21 bits per heavy atom. The van der Waals surface area contributed by atoms with Gasteiger partial charge in [0.1, 0.15) is 0 Å². The van der Waals surface area contributed by atoms with E-state index in [1.54, 1.807) is 6.07 Å². The lowest BCUT2D eigenvalue weighted by atomic mass is 9.96. The van der Waals surface area contributed by atoms with Crippen molar-refractivity contribution in [3.05, 3.63) is 59.1 Å². The van der Waals surface area contributed by atoms with Gasteiger partial charge in [-0.2, -0.15) is 0 Å². The maximum atomic E-state index is 11.5. The molecule has 0 aliphatic heterocycles. The lowest BCUT2D eigenvalue weighted by Crippen LogP contribution is -2.23. The molecule has 4 heteroatoms. The summed E-state index contributed by atoms with van der Waals surface area (Å²) in [5.41, 5.74) is 7.91. The zero-order valence-corrected chi connectivity index (χ0v) is 11.2. The molecule has 2 N–H and O–H groups in total. The van der Waals surface area contributed by atoms with Crippen molar-refractivity contribution in [1.82, 2.24) is 0 Å². The number of benzene rings is 2. The molecule has 0 saturated carbocycles. The normalized spacial score (nSPS) is 12.1. The average molecular weight is 276 g/mol. The minimum Gasteiger partial charge on any atom is -0.367 e. The summed E-state index contributed by atoms with van der Waals surface area (Å²) in [5.74, 6) is -0.517. The second-order valence-electron chi connectivity index (χ2n) is 4.12. The van der Waals surface area contributed by atoms with E-state index in [-0.39, 0.29) is 0 Å². The van der Waals surface area contributed by atoms with E-state index in [1.165, 1.54) is 7.11 Å². The van der Waals surface area contributed by atoms with Gasteiger partial charge in [-0.05, 0) is 28.8 Å². The van der Waals surface area contributed by atoms with Gasteiger partial charge < -0.3 is 10.5 Å². The number of methoxy groups -OCH3 is 1. The Balaban J connectivity index is 2.55. The number of hydrogen-bond donors (Lipinski definition) is 1. The van der Waals surface area contributed by atoms with Gasteiger partial charge >= 0.3 is 0 Å². The summed E-state index contributed by atoms with van der Waals surface area (Å²) in [6, 6.07) is 14.9. The average Bonchev–Trinajstić information content (AvgIpc) is 2.40. The van der Waals surface area contributed by atoms with Crippen LogP contribution in [0.5, 0.6) is 0 Å². The highest BCUT2D eigenvalue weighted by molar-refractivity contribution is 6.30. The number of hydrogen-bond acceptors (Lipinski definition) is 2. The number of ether oxygens (including phenoxy) is 1. The van der Waals surface area contributed by atoms with Crippen molar-refractivity contribution >= 4 is 17.5 Å². The minimum absolute atomic E-state index is 0.517. The first-order chi connectivity index (χ1) is 9.13. The molecule has 1 unspecified atom stereocenters. The molecule has 0 fully saturated rings. The summed E-state index contributed by atoms with van der Waals surface area (Å²) in [6.07, 6.45) is -0.768. The SMILES string of the molecule is COC(C(N)=O)c1ccccc1-c1cccc(Cl)c1. The van der Waals surface area contributed by atoms with Crippen LogP contribution < -0.4 is 5.73 Å². The Kier molecular flexibility index (Phi) is 4.20. The zero-order valence-electron chi connectivity index (χ0n) is 10.5. The van der Waals surface area contributed by atoms with Crippen molar-refractivity contribution in [2.75, 3.05) is 7.11 Å². The third-order valence-corrected chi connectivity index (χ3v) is 3.11. The second-order valence-corrected chi connectivity index (χ2v) is 4.55. The van der Waals surface area contributed by atoms with Gasteiger partial charge in [0, 0.05) is 12.1 Å². The molecule has 19 heavy (non-hydrogen) atoms. The first-order valence-electron chi connectivity index (χ1n) is 5.80. The van der Waals surface area contributed by atoms with Crippen LogP contribution in [0, 0.1) is 0 Å². The number of nitrogens with two attached hydrogens (primary N) is 1. The van der Waals surface area contributed by atoms with Crippen LogP contribution in [0.2, 0.25) is 5.02 Å². The second kappa shape index (κ2) is 5.87. The summed E-state index contributed by atoms with van der Waals surface area (Å²) in [6.45, 7) is 0. The monoisotopic (exact) mass is 275 g/mol. The van der Waals surface area contributed by atoms with Gasteiger partial charge in [-0.25, -0.2) is 0 Å². The Hall–Kier alpha value is -1.84. The first-order valence-corrected chi connectivity index (χ1v) is 6.18. The van der Waals surface area contributed by atoms with Crippen molar-refractivity contribution in [2.24, 2.45) is 5.73 Å². The lowest BCUT2D eigenvalue weighted by Gasteiger charge is -2.16. The van der Waals surface area contributed by atoms with E-state index < -0.39 is 12.0 Å². The van der Waals surface area contributed by atoms with Gasteiger partial charge in [0.2, 0.25) is 0 Å². The molecule has 1 amide bonds. The Labute approximate surface area is 117 Å². The van der Waals surface area contributed by atoms with Crippen LogP contribution in [-0.4, -0.2) is 13.0 Å². The van der Waals surface area contributed by atoms with Crippen molar-refractivity contribution < 1.29 is 9.53 Å². The summed E-state index contributed by atoms with van der Waals surface area (Å²) in [4.78, 5) is 11.5. The fourth-order valence-electron chi connectivity index (χ4n) is 2.04. The molecule has 0 aliphatic carbocycles. The van der Waals surface area contributed by atoms with Crippen LogP contribution in [0.4, 0.5) is 0 Å². The molecule has 0 aromatic heterocycles. The van der Waals surface area contributed by atoms with E-state index in [2.05, 4.69) is 0 Å². The van der Waals surface area contributed by atoms with Gasteiger partial charge in [-0.3, -0.25) is 4.79 Å². The molecule has 2 rings (SSSR count). The van der Waals surface area contributed by atoms with E-state index in [0.29, 0.717) is 5.02 Å². The van der Waals surface area contributed by atoms with Crippen molar-refractivity contribution in [3.8, 4) is 11.1 Å². The quantitative estimate of drug-likeness (QED) is 0.932. The van der Waals surface area contributed by atoms with Gasteiger partial charge in [0.15, 0.2) is 6.10 Å². The molecule has 2 aromatic carbocycles. The van der Waals surface area contributed by atoms with Crippen molar-refractivity contribution in [1.29, 1.82) is 0 Å². The van der Waals surface area contributed by atoms with E-state index in [1.807, 2.05) is 42.5 Å². The van der Waals surface area contributed by atoms with Crippen LogP contribution in [0.15, 0.2) is 48.5 Å². The predicted molar refractivity (Wildman–Crippen MR) is 75.8 cm³/mol. The van der Waals surface area contributed by atoms with Crippen LogP contribution in [0.25, 0.3) is 11.1 Å². The largest absolute Gasteiger partial charge is 0.367 e. The number of primary amides is 1. The number of carbonyl (C=O) groups excluding carboxylic acids is 1. The third-order valence-electron chi connectivity index (χ3n) is 2.87. The Morgan fingerprint density at radius 3 is 2.58 bits per heavy atom. The topological polar surface area (TPSA) is 52.3 Å². The molecule has 0 saturated heterocycles. The lowest BCUT2D eigenvalue weighted by molar-refractivity contribution is -0.128. The van der Waals surface area contributed by atoms with E-state index in [4.69, 9.17) is 22.1 Å². The maximum absolute atomic E-state index is 11.5. The molecule has 0 heterocycles. The highest BCUT2D eigenvalue weighted by Crippen LogP contribution is 2.31. The molecule has 0 radical (unpaired) electrons. The standard InChI is InChI=1S/C15H14ClNO2/c1-19-14(15(17)18)13-8-3-2-7-12(13)10-5-4-6-11(16)9-10/h2-9,14H,1H3,(H2,17,18). The molecule has 98 valence electrons.